The van der Waals surface area contributed by atoms with Crippen molar-refractivity contribution in [2.45, 2.75) is 37.5 Å². The molecule has 2 N–H and O–H groups in total. The van der Waals surface area contributed by atoms with E-state index in [2.05, 4.69) is 5.32 Å². The molecule has 0 unspecified atom stereocenters. The summed E-state index contributed by atoms with van der Waals surface area (Å²) in [5.41, 5.74) is -0.249. The second kappa shape index (κ2) is 6.03. The van der Waals surface area contributed by atoms with Gasteiger partial charge in [0.15, 0.2) is 0 Å². The Bertz CT molecular complexity index is 512. The lowest BCUT2D eigenvalue weighted by atomic mass is 9.94. The summed E-state index contributed by atoms with van der Waals surface area (Å²) in [5, 5.41) is 11.3. The first kappa shape index (κ1) is 14.5. The minimum atomic E-state index is -0.832. The summed E-state index contributed by atoms with van der Waals surface area (Å²) < 4.78 is 13.8. The molecule has 0 spiro atoms. The molecular formula is C15H18FNO3. The fourth-order valence-electron chi connectivity index (χ4n) is 2.37. The van der Waals surface area contributed by atoms with E-state index in [4.69, 9.17) is 5.11 Å². The molecule has 0 aromatic heterocycles. The van der Waals surface area contributed by atoms with Crippen molar-refractivity contribution < 1.29 is 19.1 Å². The predicted octanol–water partition coefficient (Wildman–Crippen LogP) is 2.23. The largest absolute Gasteiger partial charge is 0.481 e. The molecule has 1 aliphatic carbocycles. The third-order valence-electron chi connectivity index (χ3n) is 3.68. The molecule has 1 aromatic carbocycles. The van der Waals surface area contributed by atoms with Gasteiger partial charge in [-0.15, -0.1) is 0 Å². The summed E-state index contributed by atoms with van der Waals surface area (Å²) in [4.78, 5) is 22.5. The zero-order chi connectivity index (χ0) is 14.6. The average molecular weight is 279 g/mol. The molecule has 0 radical (unpaired) electrons. The van der Waals surface area contributed by atoms with E-state index in [-0.39, 0.29) is 18.1 Å². The number of aliphatic carboxylic acids is 1. The Balaban J connectivity index is 1.86. The molecule has 0 heterocycles. The van der Waals surface area contributed by atoms with Gasteiger partial charge in [0.2, 0.25) is 5.91 Å². The second-order valence-electron chi connectivity index (χ2n) is 5.17. The van der Waals surface area contributed by atoms with E-state index >= 15 is 0 Å². The topological polar surface area (TPSA) is 66.4 Å². The van der Waals surface area contributed by atoms with Crippen molar-refractivity contribution in [2.75, 3.05) is 6.54 Å². The van der Waals surface area contributed by atoms with Gasteiger partial charge in [0.25, 0.3) is 0 Å². The van der Waals surface area contributed by atoms with Crippen LogP contribution in [0.3, 0.4) is 0 Å². The van der Waals surface area contributed by atoms with Gasteiger partial charge in [-0.3, -0.25) is 9.59 Å². The van der Waals surface area contributed by atoms with Gasteiger partial charge in [-0.2, -0.15) is 0 Å². The normalized spacial score (nSPS) is 15.7. The molecule has 5 heteroatoms. The Hall–Kier alpha value is -1.91. The van der Waals surface area contributed by atoms with Crippen molar-refractivity contribution in [1.82, 2.24) is 5.32 Å². The number of amides is 1. The molecule has 108 valence electrons. The number of rotatable bonds is 7. The van der Waals surface area contributed by atoms with Crippen LogP contribution in [0.25, 0.3) is 0 Å². The third-order valence-corrected chi connectivity index (χ3v) is 3.68. The van der Waals surface area contributed by atoms with Crippen LogP contribution in [0.1, 0.15) is 37.7 Å². The van der Waals surface area contributed by atoms with Crippen LogP contribution in [0.15, 0.2) is 24.3 Å². The van der Waals surface area contributed by atoms with Crippen molar-refractivity contribution in [3.8, 4) is 0 Å². The first-order valence-corrected chi connectivity index (χ1v) is 6.81. The van der Waals surface area contributed by atoms with Gasteiger partial charge >= 0.3 is 5.97 Å². The Kier molecular flexibility index (Phi) is 4.37. The van der Waals surface area contributed by atoms with Crippen LogP contribution in [-0.4, -0.2) is 23.5 Å². The highest BCUT2D eigenvalue weighted by Gasteiger charge is 2.52. The molecule has 1 aliphatic rings. The number of hydrogen-bond acceptors (Lipinski definition) is 2. The predicted molar refractivity (Wildman–Crippen MR) is 71.8 cm³/mol. The number of carboxylic acid groups (broad SMARTS) is 1. The standard InChI is InChI=1S/C15H18FNO3/c16-12-6-2-1-5-11(12)15(8-9-15)14(20)17-10-4-3-7-13(18)19/h1-2,5-6H,3-4,7-10H2,(H,17,20)(H,18,19). The van der Waals surface area contributed by atoms with E-state index in [0.29, 0.717) is 37.8 Å². The van der Waals surface area contributed by atoms with Gasteiger partial charge < -0.3 is 10.4 Å². The smallest absolute Gasteiger partial charge is 0.303 e. The molecule has 2 rings (SSSR count). The zero-order valence-corrected chi connectivity index (χ0v) is 11.2. The van der Waals surface area contributed by atoms with Crippen molar-refractivity contribution in [3.63, 3.8) is 0 Å². The van der Waals surface area contributed by atoms with E-state index in [0.717, 1.165) is 0 Å². The Morgan fingerprint density at radius 3 is 2.55 bits per heavy atom. The quantitative estimate of drug-likeness (QED) is 0.752. The number of carboxylic acids is 1. The highest BCUT2D eigenvalue weighted by atomic mass is 19.1. The number of unbranched alkanes of at least 4 members (excludes halogenated alkanes) is 1. The van der Waals surface area contributed by atoms with Crippen LogP contribution in [0, 0.1) is 5.82 Å². The molecule has 1 amide bonds. The highest BCUT2D eigenvalue weighted by molar-refractivity contribution is 5.91. The number of halogens is 1. The average Bonchev–Trinajstić information content (AvgIpc) is 3.20. The fourth-order valence-corrected chi connectivity index (χ4v) is 2.37. The maximum Gasteiger partial charge on any atom is 0.303 e. The van der Waals surface area contributed by atoms with Crippen LogP contribution in [0.5, 0.6) is 0 Å². The van der Waals surface area contributed by atoms with Crippen LogP contribution >= 0.6 is 0 Å². The molecule has 0 aliphatic heterocycles. The van der Waals surface area contributed by atoms with Crippen LogP contribution < -0.4 is 5.32 Å². The lowest BCUT2D eigenvalue weighted by molar-refractivity contribution is -0.137. The van der Waals surface area contributed by atoms with E-state index in [1.807, 2.05) is 0 Å². The Morgan fingerprint density at radius 2 is 1.95 bits per heavy atom. The number of nitrogens with one attached hydrogen (secondary N) is 1. The van der Waals surface area contributed by atoms with Gasteiger partial charge in [0.05, 0.1) is 5.41 Å². The lowest BCUT2D eigenvalue weighted by Gasteiger charge is -2.16. The van der Waals surface area contributed by atoms with Crippen LogP contribution in [0.2, 0.25) is 0 Å². The second-order valence-corrected chi connectivity index (χ2v) is 5.17. The SMILES string of the molecule is O=C(O)CCCCNC(=O)C1(c2ccccc2F)CC1. The van der Waals surface area contributed by atoms with E-state index in [9.17, 15) is 14.0 Å². The zero-order valence-electron chi connectivity index (χ0n) is 11.2. The molecule has 1 aromatic rings. The molecule has 0 saturated heterocycles. The summed E-state index contributed by atoms with van der Waals surface area (Å²) in [6.45, 7) is 0.433. The number of hydrogen-bond donors (Lipinski definition) is 2. The summed E-state index contributed by atoms with van der Waals surface area (Å²) >= 11 is 0. The van der Waals surface area contributed by atoms with Crippen LogP contribution in [0.4, 0.5) is 4.39 Å². The fraction of sp³-hybridized carbons (Fsp3) is 0.467. The van der Waals surface area contributed by atoms with E-state index in [1.165, 1.54) is 6.07 Å². The van der Waals surface area contributed by atoms with Gasteiger partial charge in [-0.25, -0.2) is 4.39 Å². The minimum absolute atomic E-state index is 0.105. The Labute approximate surface area is 117 Å². The minimum Gasteiger partial charge on any atom is -0.481 e. The molecule has 1 fully saturated rings. The Morgan fingerprint density at radius 1 is 1.25 bits per heavy atom. The van der Waals surface area contributed by atoms with Crippen molar-refractivity contribution in [3.05, 3.63) is 35.6 Å². The van der Waals surface area contributed by atoms with Gasteiger partial charge in [-0.1, -0.05) is 18.2 Å². The molecule has 4 nitrogen and oxygen atoms in total. The highest BCUT2D eigenvalue weighted by Crippen LogP contribution is 2.49. The van der Waals surface area contributed by atoms with Crippen LogP contribution in [-0.2, 0) is 15.0 Å². The summed E-state index contributed by atoms with van der Waals surface area (Å²) in [6.07, 6.45) is 2.58. The molecular weight excluding hydrogens is 261 g/mol. The maximum absolute atomic E-state index is 13.8. The number of benzene rings is 1. The van der Waals surface area contributed by atoms with Gasteiger partial charge in [-0.05, 0) is 31.7 Å². The first-order chi connectivity index (χ1) is 9.56. The molecule has 0 atom stereocenters. The van der Waals surface area contributed by atoms with E-state index < -0.39 is 11.4 Å². The maximum atomic E-state index is 13.8. The summed E-state index contributed by atoms with van der Waals surface area (Å²) in [5.74, 6) is -1.33. The summed E-state index contributed by atoms with van der Waals surface area (Å²) in [7, 11) is 0. The van der Waals surface area contributed by atoms with Crippen molar-refractivity contribution in [2.24, 2.45) is 0 Å². The first-order valence-electron chi connectivity index (χ1n) is 6.81. The lowest BCUT2D eigenvalue weighted by Crippen LogP contribution is -2.35. The van der Waals surface area contributed by atoms with Gasteiger partial charge in [0.1, 0.15) is 5.82 Å². The van der Waals surface area contributed by atoms with Gasteiger partial charge in [0, 0.05) is 18.5 Å². The monoisotopic (exact) mass is 279 g/mol. The summed E-state index contributed by atoms with van der Waals surface area (Å²) in [6, 6.07) is 6.37. The molecule has 0 bridgehead atoms. The van der Waals surface area contributed by atoms with Crippen molar-refractivity contribution >= 4 is 11.9 Å². The molecule has 20 heavy (non-hydrogen) atoms. The third kappa shape index (κ3) is 3.15. The molecule has 1 saturated carbocycles. The number of carbonyl (C=O) groups is 2. The number of carbonyl (C=O) groups excluding carboxylic acids is 1. The van der Waals surface area contributed by atoms with Crippen molar-refractivity contribution in [1.29, 1.82) is 0 Å². The van der Waals surface area contributed by atoms with E-state index in [1.54, 1.807) is 18.2 Å².